The summed E-state index contributed by atoms with van der Waals surface area (Å²) in [7, 11) is 1.46. The van der Waals surface area contributed by atoms with E-state index in [4.69, 9.17) is 0 Å². The van der Waals surface area contributed by atoms with Crippen LogP contribution < -0.4 is 5.32 Å². The van der Waals surface area contributed by atoms with Crippen LogP contribution in [0.4, 0.5) is 0 Å². The van der Waals surface area contributed by atoms with E-state index < -0.39 is 0 Å². The van der Waals surface area contributed by atoms with Crippen molar-refractivity contribution >= 4 is 5.97 Å². The maximum atomic E-state index is 10.9. The number of fused-ring (bicyclic) bond motifs is 5. The average molecular weight is 223 g/mol. The van der Waals surface area contributed by atoms with E-state index in [2.05, 4.69) is 10.1 Å². The van der Waals surface area contributed by atoms with Crippen molar-refractivity contribution in [2.45, 2.75) is 38.1 Å². The Morgan fingerprint density at radius 2 is 2.00 bits per heavy atom. The topological polar surface area (TPSA) is 38.3 Å². The molecule has 3 rings (SSSR count). The lowest BCUT2D eigenvalue weighted by atomic mass is 10.0. The summed E-state index contributed by atoms with van der Waals surface area (Å²) in [6, 6.07) is 0.795. The maximum Gasteiger partial charge on any atom is 0.305 e. The molecule has 0 aliphatic heterocycles. The van der Waals surface area contributed by atoms with Gasteiger partial charge in [-0.3, -0.25) is 4.79 Å². The first-order chi connectivity index (χ1) is 7.81. The number of hydrogen-bond donors (Lipinski definition) is 1. The molecule has 0 aromatic carbocycles. The summed E-state index contributed by atoms with van der Waals surface area (Å²) >= 11 is 0. The highest BCUT2D eigenvalue weighted by molar-refractivity contribution is 5.69. The van der Waals surface area contributed by atoms with Crippen molar-refractivity contribution in [3.63, 3.8) is 0 Å². The van der Waals surface area contributed by atoms with Crippen LogP contribution in [0.1, 0.15) is 32.1 Å². The first kappa shape index (κ1) is 10.6. The fourth-order valence-corrected chi connectivity index (χ4v) is 4.20. The molecule has 0 radical (unpaired) electrons. The molecule has 3 aliphatic carbocycles. The molecule has 0 aromatic rings. The summed E-state index contributed by atoms with van der Waals surface area (Å²) in [4.78, 5) is 10.9. The third-order valence-corrected chi connectivity index (χ3v) is 4.90. The van der Waals surface area contributed by atoms with Crippen LogP contribution in [-0.4, -0.2) is 25.7 Å². The lowest BCUT2D eigenvalue weighted by Gasteiger charge is -2.09. The minimum atomic E-state index is -0.0853. The SMILES string of the molecule is COC(=O)CCCNC1C2C3CCC(C3)C12. The molecule has 0 spiro atoms. The number of rotatable bonds is 5. The van der Waals surface area contributed by atoms with Crippen LogP contribution in [0.15, 0.2) is 0 Å². The molecule has 3 fully saturated rings. The Balaban J connectivity index is 1.35. The van der Waals surface area contributed by atoms with Gasteiger partial charge in [0, 0.05) is 12.5 Å². The molecule has 4 unspecified atom stereocenters. The zero-order chi connectivity index (χ0) is 11.1. The zero-order valence-electron chi connectivity index (χ0n) is 9.95. The number of methoxy groups -OCH3 is 1. The third kappa shape index (κ3) is 1.65. The van der Waals surface area contributed by atoms with Gasteiger partial charge in [0.15, 0.2) is 0 Å². The molecular formula is C13H21NO2. The van der Waals surface area contributed by atoms with E-state index in [1.165, 1.54) is 26.4 Å². The monoisotopic (exact) mass is 223 g/mol. The minimum absolute atomic E-state index is 0.0853. The van der Waals surface area contributed by atoms with Crippen LogP contribution >= 0.6 is 0 Å². The van der Waals surface area contributed by atoms with Crippen molar-refractivity contribution in [3.05, 3.63) is 0 Å². The van der Waals surface area contributed by atoms with E-state index in [1.54, 1.807) is 0 Å². The summed E-state index contributed by atoms with van der Waals surface area (Å²) in [6.45, 7) is 0.978. The van der Waals surface area contributed by atoms with Gasteiger partial charge in [-0.1, -0.05) is 0 Å². The summed E-state index contributed by atoms with van der Waals surface area (Å²) in [5.41, 5.74) is 0. The van der Waals surface area contributed by atoms with Crippen LogP contribution in [0.3, 0.4) is 0 Å². The van der Waals surface area contributed by atoms with Crippen molar-refractivity contribution in [2.75, 3.05) is 13.7 Å². The molecule has 90 valence electrons. The number of ether oxygens (including phenoxy) is 1. The second-order valence-corrected chi connectivity index (χ2v) is 5.65. The van der Waals surface area contributed by atoms with Crippen LogP contribution in [0, 0.1) is 23.7 Å². The van der Waals surface area contributed by atoms with E-state index in [0.717, 1.165) is 42.7 Å². The second-order valence-electron chi connectivity index (χ2n) is 5.65. The standard InChI is InChI=1S/C13H21NO2/c1-16-10(15)3-2-6-14-13-11-8-4-5-9(7-8)12(11)13/h8-9,11-14H,2-7H2,1H3. The van der Waals surface area contributed by atoms with E-state index >= 15 is 0 Å². The fraction of sp³-hybridized carbons (Fsp3) is 0.923. The van der Waals surface area contributed by atoms with Gasteiger partial charge in [-0.2, -0.15) is 0 Å². The van der Waals surface area contributed by atoms with Crippen molar-refractivity contribution in [2.24, 2.45) is 23.7 Å². The van der Waals surface area contributed by atoms with Gasteiger partial charge in [-0.15, -0.1) is 0 Å². The van der Waals surface area contributed by atoms with Crippen molar-refractivity contribution in [3.8, 4) is 0 Å². The lowest BCUT2D eigenvalue weighted by Crippen LogP contribution is -2.24. The fourth-order valence-electron chi connectivity index (χ4n) is 4.20. The summed E-state index contributed by atoms with van der Waals surface area (Å²) in [6.07, 6.45) is 5.93. The van der Waals surface area contributed by atoms with Crippen LogP contribution in [0.25, 0.3) is 0 Å². The Labute approximate surface area is 96.9 Å². The lowest BCUT2D eigenvalue weighted by molar-refractivity contribution is -0.140. The molecule has 0 amide bonds. The molecule has 16 heavy (non-hydrogen) atoms. The summed E-state index contributed by atoms with van der Waals surface area (Å²) in [5, 5.41) is 3.63. The molecule has 2 bridgehead atoms. The molecule has 4 atom stereocenters. The predicted molar refractivity (Wildman–Crippen MR) is 60.9 cm³/mol. The van der Waals surface area contributed by atoms with Gasteiger partial charge in [0.25, 0.3) is 0 Å². The van der Waals surface area contributed by atoms with Crippen molar-refractivity contribution in [1.82, 2.24) is 5.32 Å². The second kappa shape index (κ2) is 4.02. The first-order valence-electron chi connectivity index (χ1n) is 6.61. The number of hydrogen-bond acceptors (Lipinski definition) is 3. The molecule has 0 aromatic heterocycles. The molecule has 0 heterocycles. The van der Waals surface area contributed by atoms with E-state index in [9.17, 15) is 4.79 Å². The van der Waals surface area contributed by atoms with E-state index in [-0.39, 0.29) is 5.97 Å². The van der Waals surface area contributed by atoms with E-state index in [0.29, 0.717) is 6.42 Å². The van der Waals surface area contributed by atoms with Crippen molar-refractivity contribution in [1.29, 1.82) is 0 Å². The molecule has 3 saturated carbocycles. The minimum Gasteiger partial charge on any atom is -0.469 e. The van der Waals surface area contributed by atoms with Crippen LogP contribution in [0.2, 0.25) is 0 Å². The highest BCUT2D eigenvalue weighted by atomic mass is 16.5. The molecule has 3 heteroatoms. The zero-order valence-corrected chi connectivity index (χ0v) is 9.95. The van der Waals surface area contributed by atoms with Gasteiger partial charge >= 0.3 is 5.97 Å². The smallest absolute Gasteiger partial charge is 0.305 e. The molecule has 3 aliphatic rings. The molecule has 3 nitrogen and oxygen atoms in total. The Hall–Kier alpha value is -0.570. The highest BCUT2D eigenvalue weighted by Crippen LogP contribution is 2.65. The number of esters is 1. The predicted octanol–water partition coefficient (Wildman–Crippen LogP) is 1.57. The van der Waals surface area contributed by atoms with Crippen molar-refractivity contribution < 1.29 is 9.53 Å². The normalized spacial score (nSPS) is 43.2. The quantitative estimate of drug-likeness (QED) is 0.568. The van der Waals surface area contributed by atoms with Gasteiger partial charge in [0.05, 0.1) is 7.11 Å². The highest BCUT2D eigenvalue weighted by Gasteiger charge is 2.64. The van der Waals surface area contributed by atoms with Gasteiger partial charge in [-0.25, -0.2) is 0 Å². The van der Waals surface area contributed by atoms with Crippen LogP contribution in [0.5, 0.6) is 0 Å². The Kier molecular flexibility index (Phi) is 2.66. The van der Waals surface area contributed by atoms with Crippen LogP contribution in [-0.2, 0) is 9.53 Å². The van der Waals surface area contributed by atoms with Gasteiger partial charge < -0.3 is 10.1 Å². The Bertz CT molecular complexity index is 276. The van der Waals surface area contributed by atoms with Gasteiger partial charge in [0.2, 0.25) is 0 Å². The molecule has 0 saturated heterocycles. The molecule has 1 N–H and O–H groups in total. The molecular weight excluding hydrogens is 202 g/mol. The third-order valence-electron chi connectivity index (χ3n) is 4.90. The first-order valence-corrected chi connectivity index (χ1v) is 6.61. The number of carbonyl (C=O) groups is 1. The van der Waals surface area contributed by atoms with Gasteiger partial charge in [-0.05, 0) is 55.9 Å². The Morgan fingerprint density at radius 1 is 1.31 bits per heavy atom. The number of carbonyl (C=O) groups excluding carboxylic acids is 1. The number of nitrogens with one attached hydrogen (secondary N) is 1. The maximum absolute atomic E-state index is 10.9. The summed E-state index contributed by atoms with van der Waals surface area (Å²) in [5.74, 6) is 3.98. The van der Waals surface area contributed by atoms with E-state index in [1.807, 2.05) is 0 Å². The Morgan fingerprint density at radius 3 is 2.62 bits per heavy atom. The van der Waals surface area contributed by atoms with Gasteiger partial charge in [0.1, 0.15) is 0 Å². The summed E-state index contributed by atoms with van der Waals surface area (Å²) < 4.78 is 4.62. The largest absolute Gasteiger partial charge is 0.469 e. The average Bonchev–Trinajstić information content (AvgIpc) is 2.71.